The monoisotopic (exact) mass is 197 g/mol. The first-order valence-electron chi connectivity index (χ1n) is 4.46. The van der Waals surface area contributed by atoms with E-state index in [4.69, 9.17) is 9.84 Å². The van der Waals surface area contributed by atoms with Crippen LogP contribution in [0.1, 0.15) is 12.8 Å². The fourth-order valence-electron chi connectivity index (χ4n) is 1.56. The van der Waals surface area contributed by atoms with E-state index in [1.165, 1.54) is 6.33 Å². The molecule has 1 aromatic heterocycles. The molecule has 1 saturated heterocycles. The molecule has 0 amide bonds. The van der Waals surface area contributed by atoms with Gasteiger partial charge in [0.25, 0.3) is 0 Å². The van der Waals surface area contributed by atoms with Crippen LogP contribution in [0.15, 0.2) is 12.7 Å². The molecule has 0 aliphatic carbocycles. The number of rotatable bonds is 3. The molecule has 6 heteroatoms. The van der Waals surface area contributed by atoms with Crippen LogP contribution in [0.4, 0.5) is 0 Å². The van der Waals surface area contributed by atoms with Crippen LogP contribution < -0.4 is 0 Å². The van der Waals surface area contributed by atoms with Crippen LogP contribution in [0.3, 0.4) is 0 Å². The Balaban J connectivity index is 1.87. The molecule has 0 saturated carbocycles. The van der Waals surface area contributed by atoms with E-state index < -0.39 is 12.1 Å². The number of carbonyl (C=O) groups is 1. The summed E-state index contributed by atoms with van der Waals surface area (Å²) in [5.41, 5.74) is 0. The lowest BCUT2D eigenvalue weighted by molar-refractivity contribution is -0.149. The van der Waals surface area contributed by atoms with E-state index in [0.29, 0.717) is 13.0 Å². The summed E-state index contributed by atoms with van der Waals surface area (Å²) < 4.78 is 6.96. The van der Waals surface area contributed by atoms with Gasteiger partial charge in [-0.3, -0.25) is 4.68 Å². The van der Waals surface area contributed by atoms with E-state index in [2.05, 4.69) is 10.1 Å². The standard InChI is InChI=1S/C8H11N3O3/c12-8(13)7-2-1-6(14-7)3-11-5-9-4-10-11/h4-7H,1-3H2,(H,12,13). The first-order valence-corrected chi connectivity index (χ1v) is 4.46. The predicted molar refractivity (Wildman–Crippen MR) is 45.6 cm³/mol. The van der Waals surface area contributed by atoms with Gasteiger partial charge < -0.3 is 9.84 Å². The second kappa shape index (κ2) is 3.75. The molecule has 1 N–H and O–H groups in total. The zero-order valence-corrected chi connectivity index (χ0v) is 7.54. The predicted octanol–water partition coefficient (Wildman–Crippen LogP) is -0.0897. The summed E-state index contributed by atoms with van der Waals surface area (Å²) in [5, 5.41) is 12.6. The minimum atomic E-state index is -0.883. The van der Waals surface area contributed by atoms with Gasteiger partial charge in [0.1, 0.15) is 12.7 Å². The van der Waals surface area contributed by atoms with Gasteiger partial charge in [0.2, 0.25) is 0 Å². The molecular weight excluding hydrogens is 186 g/mol. The highest BCUT2D eigenvalue weighted by atomic mass is 16.5. The van der Waals surface area contributed by atoms with Crippen LogP contribution in [-0.2, 0) is 16.1 Å². The Labute approximate surface area is 80.5 Å². The fraction of sp³-hybridized carbons (Fsp3) is 0.625. The Bertz CT molecular complexity index is 312. The normalized spacial score (nSPS) is 26.6. The summed E-state index contributed by atoms with van der Waals surface area (Å²) in [4.78, 5) is 14.4. The average molecular weight is 197 g/mol. The van der Waals surface area contributed by atoms with Crippen molar-refractivity contribution < 1.29 is 14.6 Å². The summed E-state index contributed by atoms with van der Waals surface area (Å²) in [6.45, 7) is 0.573. The third-order valence-corrected chi connectivity index (χ3v) is 2.24. The molecule has 0 bridgehead atoms. The van der Waals surface area contributed by atoms with Crippen LogP contribution >= 0.6 is 0 Å². The molecule has 2 rings (SSSR count). The summed E-state index contributed by atoms with van der Waals surface area (Å²) in [6.07, 6.45) is 3.67. The number of aromatic nitrogens is 3. The minimum absolute atomic E-state index is 0.0576. The molecule has 1 aromatic rings. The van der Waals surface area contributed by atoms with E-state index in [9.17, 15) is 4.79 Å². The van der Waals surface area contributed by atoms with Crippen LogP contribution in [0, 0.1) is 0 Å². The Hall–Kier alpha value is -1.43. The fourth-order valence-corrected chi connectivity index (χ4v) is 1.56. The van der Waals surface area contributed by atoms with Crippen molar-refractivity contribution in [3.63, 3.8) is 0 Å². The van der Waals surface area contributed by atoms with E-state index >= 15 is 0 Å². The van der Waals surface area contributed by atoms with E-state index in [1.807, 2.05) is 0 Å². The van der Waals surface area contributed by atoms with Gasteiger partial charge in [0.15, 0.2) is 6.10 Å². The zero-order chi connectivity index (χ0) is 9.97. The quantitative estimate of drug-likeness (QED) is 0.732. The maximum atomic E-state index is 10.6. The number of carboxylic acids is 1. The van der Waals surface area contributed by atoms with E-state index in [0.717, 1.165) is 6.42 Å². The molecule has 0 aromatic carbocycles. The number of hydrogen-bond acceptors (Lipinski definition) is 4. The van der Waals surface area contributed by atoms with Crippen LogP contribution in [0.5, 0.6) is 0 Å². The third kappa shape index (κ3) is 1.90. The van der Waals surface area contributed by atoms with Crippen molar-refractivity contribution in [2.45, 2.75) is 31.6 Å². The minimum Gasteiger partial charge on any atom is -0.479 e. The van der Waals surface area contributed by atoms with Gasteiger partial charge in [0.05, 0.1) is 12.6 Å². The molecule has 1 aliphatic rings. The van der Waals surface area contributed by atoms with Gasteiger partial charge >= 0.3 is 5.97 Å². The summed E-state index contributed by atoms with van der Waals surface area (Å²) in [7, 11) is 0. The van der Waals surface area contributed by atoms with Gasteiger partial charge in [-0.25, -0.2) is 9.78 Å². The molecule has 6 nitrogen and oxygen atoms in total. The first-order chi connectivity index (χ1) is 6.75. The SMILES string of the molecule is O=C(O)C1CCC(Cn2cncn2)O1. The maximum absolute atomic E-state index is 10.6. The number of nitrogens with zero attached hydrogens (tertiary/aromatic N) is 3. The second-order valence-electron chi connectivity index (χ2n) is 3.28. The Morgan fingerprint density at radius 1 is 1.64 bits per heavy atom. The first kappa shape index (κ1) is 9.14. The van der Waals surface area contributed by atoms with Gasteiger partial charge in [-0.05, 0) is 12.8 Å². The summed E-state index contributed by atoms with van der Waals surface area (Å²) in [5.74, 6) is -0.883. The van der Waals surface area contributed by atoms with Gasteiger partial charge in [-0.2, -0.15) is 5.10 Å². The molecule has 0 radical (unpaired) electrons. The molecule has 2 unspecified atom stereocenters. The molecule has 1 fully saturated rings. The lowest BCUT2D eigenvalue weighted by atomic mass is 10.2. The van der Waals surface area contributed by atoms with Crippen molar-refractivity contribution in [3.8, 4) is 0 Å². The Morgan fingerprint density at radius 2 is 2.50 bits per heavy atom. The molecule has 14 heavy (non-hydrogen) atoms. The highest BCUT2D eigenvalue weighted by molar-refractivity contribution is 5.72. The molecule has 2 atom stereocenters. The van der Waals surface area contributed by atoms with Crippen molar-refractivity contribution in [3.05, 3.63) is 12.7 Å². The smallest absolute Gasteiger partial charge is 0.332 e. The Kier molecular flexibility index (Phi) is 2.45. The number of ether oxygens (including phenoxy) is 1. The van der Waals surface area contributed by atoms with Crippen LogP contribution in [0.25, 0.3) is 0 Å². The second-order valence-corrected chi connectivity index (χ2v) is 3.28. The largest absolute Gasteiger partial charge is 0.479 e. The topological polar surface area (TPSA) is 77.2 Å². The van der Waals surface area contributed by atoms with Gasteiger partial charge in [-0.1, -0.05) is 0 Å². The third-order valence-electron chi connectivity index (χ3n) is 2.24. The molecule has 0 spiro atoms. The van der Waals surface area contributed by atoms with Gasteiger partial charge in [0, 0.05) is 0 Å². The highest BCUT2D eigenvalue weighted by Gasteiger charge is 2.30. The number of hydrogen-bond donors (Lipinski definition) is 1. The van der Waals surface area contributed by atoms with Crippen molar-refractivity contribution in [1.82, 2.24) is 14.8 Å². The van der Waals surface area contributed by atoms with E-state index in [-0.39, 0.29) is 6.10 Å². The lowest BCUT2D eigenvalue weighted by Gasteiger charge is -2.10. The molecular formula is C8H11N3O3. The lowest BCUT2D eigenvalue weighted by Crippen LogP contribution is -2.23. The highest BCUT2D eigenvalue weighted by Crippen LogP contribution is 2.20. The van der Waals surface area contributed by atoms with Crippen molar-refractivity contribution >= 4 is 5.97 Å². The van der Waals surface area contributed by atoms with Crippen LogP contribution in [-0.4, -0.2) is 38.0 Å². The average Bonchev–Trinajstić information content (AvgIpc) is 2.75. The molecule has 1 aliphatic heterocycles. The Morgan fingerprint density at radius 3 is 3.07 bits per heavy atom. The van der Waals surface area contributed by atoms with Crippen LogP contribution in [0.2, 0.25) is 0 Å². The van der Waals surface area contributed by atoms with E-state index in [1.54, 1.807) is 11.0 Å². The number of carboxylic acid groups (broad SMARTS) is 1. The van der Waals surface area contributed by atoms with Crippen molar-refractivity contribution in [2.24, 2.45) is 0 Å². The van der Waals surface area contributed by atoms with Gasteiger partial charge in [-0.15, -0.1) is 0 Å². The summed E-state index contributed by atoms with van der Waals surface area (Å²) >= 11 is 0. The zero-order valence-electron chi connectivity index (χ0n) is 7.54. The molecule has 2 heterocycles. The molecule has 76 valence electrons. The van der Waals surface area contributed by atoms with Crippen molar-refractivity contribution in [2.75, 3.05) is 0 Å². The maximum Gasteiger partial charge on any atom is 0.332 e. The summed E-state index contributed by atoms with van der Waals surface area (Å²) in [6, 6.07) is 0. The number of aliphatic carboxylic acids is 1. The van der Waals surface area contributed by atoms with Crippen molar-refractivity contribution in [1.29, 1.82) is 0 Å².